The quantitative estimate of drug-likeness (QED) is 0.924. The molecule has 2 rings (SSSR count). The fraction of sp³-hybridized carbons (Fsp3) is 0.429. The first-order valence-corrected chi connectivity index (χ1v) is 6.80. The summed E-state index contributed by atoms with van der Waals surface area (Å²) in [4.78, 5) is 24.1. The van der Waals surface area contributed by atoms with Gasteiger partial charge in [0, 0.05) is 18.0 Å². The lowest BCUT2D eigenvalue weighted by Crippen LogP contribution is -2.42. The van der Waals surface area contributed by atoms with Gasteiger partial charge in [0.2, 0.25) is 5.91 Å². The minimum atomic E-state index is -0.960. The highest BCUT2D eigenvalue weighted by Crippen LogP contribution is 2.24. The molecule has 0 bridgehead atoms. The molecule has 1 aromatic carbocycles. The van der Waals surface area contributed by atoms with Gasteiger partial charge in [0.25, 0.3) is 0 Å². The van der Waals surface area contributed by atoms with Crippen LogP contribution in [0.25, 0.3) is 0 Å². The molecule has 1 aromatic rings. The van der Waals surface area contributed by atoms with Crippen molar-refractivity contribution in [2.24, 2.45) is 0 Å². The van der Waals surface area contributed by atoms with E-state index in [9.17, 15) is 9.59 Å². The standard InChI is InChI=1S/C14H16ClNO4/c15-11-3-1-2-10(8-11)12-9-16(6-7-20-12)13(17)4-5-14(18)19/h1-3,8,12H,4-7,9H2,(H,18,19). The van der Waals surface area contributed by atoms with E-state index in [0.29, 0.717) is 24.7 Å². The van der Waals surface area contributed by atoms with Crippen LogP contribution >= 0.6 is 11.6 Å². The van der Waals surface area contributed by atoms with Crippen molar-refractivity contribution in [3.8, 4) is 0 Å². The number of nitrogens with zero attached hydrogens (tertiary/aromatic N) is 1. The van der Waals surface area contributed by atoms with Crippen molar-refractivity contribution in [2.75, 3.05) is 19.7 Å². The summed E-state index contributed by atoms with van der Waals surface area (Å²) in [6, 6.07) is 7.34. The lowest BCUT2D eigenvalue weighted by molar-refractivity contribution is -0.144. The Morgan fingerprint density at radius 1 is 1.40 bits per heavy atom. The van der Waals surface area contributed by atoms with Crippen LogP contribution in [0.1, 0.15) is 24.5 Å². The van der Waals surface area contributed by atoms with Crippen molar-refractivity contribution in [1.29, 1.82) is 0 Å². The third-order valence-corrected chi connectivity index (χ3v) is 3.43. The number of carboxylic acids is 1. The van der Waals surface area contributed by atoms with E-state index < -0.39 is 5.97 Å². The number of ether oxygens (including phenoxy) is 1. The number of carbonyl (C=O) groups is 2. The second kappa shape index (κ2) is 6.72. The number of hydrogen-bond donors (Lipinski definition) is 1. The zero-order valence-corrected chi connectivity index (χ0v) is 11.7. The minimum Gasteiger partial charge on any atom is -0.481 e. The molecule has 0 aromatic heterocycles. The minimum absolute atomic E-state index is 0.0254. The molecule has 1 aliphatic rings. The fourth-order valence-corrected chi connectivity index (χ4v) is 2.36. The van der Waals surface area contributed by atoms with Crippen LogP contribution in [0.3, 0.4) is 0 Å². The molecule has 0 aliphatic carbocycles. The zero-order chi connectivity index (χ0) is 14.5. The van der Waals surface area contributed by atoms with Crippen molar-refractivity contribution < 1.29 is 19.4 Å². The van der Waals surface area contributed by atoms with Crippen LogP contribution in [0.15, 0.2) is 24.3 Å². The third-order valence-electron chi connectivity index (χ3n) is 3.19. The smallest absolute Gasteiger partial charge is 0.303 e. The van der Waals surface area contributed by atoms with Gasteiger partial charge in [-0.05, 0) is 17.7 Å². The van der Waals surface area contributed by atoms with E-state index in [2.05, 4.69) is 0 Å². The molecule has 0 saturated carbocycles. The Kier molecular flexibility index (Phi) is 4.98. The van der Waals surface area contributed by atoms with Gasteiger partial charge in [-0.3, -0.25) is 9.59 Å². The van der Waals surface area contributed by atoms with Gasteiger partial charge in [0.15, 0.2) is 0 Å². The highest BCUT2D eigenvalue weighted by atomic mass is 35.5. The molecule has 108 valence electrons. The van der Waals surface area contributed by atoms with Gasteiger partial charge in [0.1, 0.15) is 6.10 Å². The molecule has 1 aliphatic heterocycles. The molecular weight excluding hydrogens is 282 g/mol. The monoisotopic (exact) mass is 297 g/mol. The topological polar surface area (TPSA) is 66.8 Å². The van der Waals surface area contributed by atoms with Crippen molar-refractivity contribution in [1.82, 2.24) is 4.90 Å². The molecule has 1 amide bonds. The van der Waals surface area contributed by atoms with Gasteiger partial charge in [-0.15, -0.1) is 0 Å². The predicted octanol–water partition coefficient (Wildman–Crippen LogP) is 2.10. The molecule has 1 heterocycles. The Bertz CT molecular complexity index is 506. The normalized spacial score (nSPS) is 18.9. The van der Waals surface area contributed by atoms with Crippen LogP contribution < -0.4 is 0 Å². The zero-order valence-electron chi connectivity index (χ0n) is 10.9. The Balaban J connectivity index is 1.98. The summed E-state index contributed by atoms with van der Waals surface area (Å²) in [5, 5.41) is 9.24. The number of rotatable bonds is 4. The van der Waals surface area contributed by atoms with Crippen LogP contribution in [0.4, 0.5) is 0 Å². The van der Waals surface area contributed by atoms with E-state index in [-0.39, 0.29) is 24.9 Å². The first-order chi connectivity index (χ1) is 9.56. The predicted molar refractivity (Wildman–Crippen MR) is 73.6 cm³/mol. The number of hydrogen-bond acceptors (Lipinski definition) is 3. The molecular formula is C14H16ClNO4. The Morgan fingerprint density at radius 2 is 2.20 bits per heavy atom. The molecule has 1 fully saturated rings. The summed E-state index contributed by atoms with van der Waals surface area (Å²) in [5.41, 5.74) is 0.924. The average Bonchev–Trinajstić information content (AvgIpc) is 2.45. The number of halogens is 1. The lowest BCUT2D eigenvalue weighted by atomic mass is 10.1. The SMILES string of the molecule is O=C(O)CCC(=O)N1CCOC(c2cccc(Cl)c2)C1. The average molecular weight is 298 g/mol. The fourth-order valence-electron chi connectivity index (χ4n) is 2.16. The molecule has 0 radical (unpaired) electrons. The van der Waals surface area contributed by atoms with Crippen LogP contribution in [-0.4, -0.2) is 41.6 Å². The van der Waals surface area contributed by atoms with E-state index in [1.165, 1.54) is 0 Å². The van der Waals surface area contributed by atoms with E-state index in [1.54, 1.807) is 11.0 Å². The van der Waals surface area contributed by atoms with Crippen LogP contribution in [0.5, 0.6) is 0 Å². The summed E-state index contributed by atoms with van der Waals surface area (Å²) in [7, 11) is 0. The maximum absolute atomic E-state index is 11.9. The Morgan fingerprint density at radius 3 is 2.90 bits per heavy atom. The van der Waals surface area contributed by atoms with Crippen LogP contribution in [-0.2, 0) is 14.3 Å². The van der Waals surface area contributed by atoms with E-state index in [4.69, 9.17) is 21.4 Å². The van der Waals surface area contributed by atoms with Crippen LogP contribution in [0.2, 0.25) is 5.02 Å². The van der Waals surface area contributed by atoms with Gasteiger partial charge < -0.3 is 14.7 Å². The summed E-state index contributed by atoms with van der Waals surface area (Å²) in [6.45, 7) is 1.37. The number of benzene rings is 1. The highest BCUT2D eigenvalue weighted by Gasteiger charge is 2.25. The molecule has 5 nitrogen and oxygen atoms in total. The number of carboxylic acid groups (broad SMARTS) is 1. The second-order valence-corrected chi connectivity index (χ2v) is 5.08. The van der Waals surface area contributed by atoms with Crippen molar-refractivity contribution in [2.45, 2.75) is 18.9 Å². The summed E-state index contributed by atoms with van der Waals surface area (Å²) >= 11 is 5.95. The van der Waals surface area contributed by atoms with Gasteiger partial charge in [-0.1, -0.05) is 23.7 Å². The molecule has 6 heteroatoms. The van der Waals surface area contributed by atoms with E-state index >= 15 is 0 Å². The maximum atomic E-state index is 11.9. The molecule has 1 saturated heterocycles. The summed E-state index contributed by atoms with van der Waals surface area (Å²) in [5.74, 6) is -1.11. The molecule has 0 spiro atoms. The van der Waals surface area contributed by atoms with Gasteiger partial charge in [-0.25, -0.2) is 0 Å². The number of morpholine rings is 1. The van der Waals surface area contributed by atoms with Crippen molar-refractivity contribution in [3.63, 3.8) is 0 Å². The first kappa shape index (κ1) is 14.8. The molecule has 1 N–H and O–H groups in total. The second-order valence-electron chi connectivity index (χ2n) is 4.65. The van der Waals surface area contributed by atoms with Crippen molar-refractivity contribution in [3.05, 3.63) is 34.9 Å². The third kappa shape index (κ3) is 3.95. The molecule has 1 atom stereocenters. The number of amides is 1. The van der Waals surface area contributed by atoms with Crippen LogP contribution in [0, 0.1) is 0 Å². The largest absolute Gasteiger partial charge is 0.481 e. The highest BCUT2D eigenvalue weighted by molar-refractivity contribution is 6.30. The first-order valence-electron chi connectivity index (χ1n) is 6.43. The number of aliphatic carboxylic acids is 1. The summed E-state index contributed by atoms with van der Waals surface area (Å²) in [6.07, 6.45) is -0.327. The van der Waals surface area contributed by atoms with E-state index in [1.807, 2.05) is 18.2 Å². The molecule has 20 heavy (non-hydrogen) atoms. The van der Waals surface area contributed by atoms with Gasteiger partial charge >= 0.3 is 5.97 Å². The van der Waals surface area contributed by atoms with Gasteiger partial charge in [0.05, 0.1) is 19.6 Å². The Labute approximate surface area is 122 Å². The number of carbonyl (C=O) groups excluding carboxylic acids is 1. The summed E-state index contributed by atoms with van der Waals surface area (Å²) < 4.78 is 5.66. The lowest BCUT2D eigenvalue weighted by Gasteiger charge is -2.33. The molecule has 1 unspecified atom stereocenters. The van der Waals surface area contributed by atoms with E-state index in [0.717, 1.165) is 5.56 Å². The van der Waals surface area contributed by atoms with Gasteiger partial charge in [-0.2, -0.15) is 0 Å². The Hall–Kier alpha value is -1.59. The maximum Gasteiger partial charge on any atom is 0.303 e. The van der Waals surface area contributed by atoms with Crippen molar-refractivity contribution >= 4 is 23.5 Å².